The highest BCUT2D eigenvalue weighted by Gasteiger charge is 2.22. The Labute approximate surface area is 87.0 Å². The highest BCUT2D eigenvalue weighted by Crippen LogP contribution is 2.16. The molecule has 82 valence electrons. The number of hydrogen-bond donors (Lipinski definition) is 0. The third kappa shape index (κ3) is 2.69. The Morgan fingerprint density at radius 1 is 1.07 bits per heavy atom. The standard InChI is InChI=1S/C11H22N2O/c1-12-7-5-6-11(12)10-14-13-8-3-2-4-9-13/h11H,2-10H2,1H3. The normalized spacial score (nSPS) is 31.1. The van der Waals surface area contributed by atoms with E-state index in [1.807, 2.05) is 0 Å². The highest BCUT2D eigenvalue weighted by atomic mass is 16.7. The molecule has 2 aliphatic heterocycles. The molecule has 2 rings (SSSR count). The predicted octanol–water partition coefficient (Wildman–Crippen LogP) is 1.50. The van der Waals surface area contributed by atoms with E-state index < -0.39 is 0 Å². The monoisotopic (exact) mass is 198 g/mol. The molecule has 0 radical (unpaired) electrons. The molecule has 2 heterocycles. The van der Waals surface area contributed by atoms with Crippen LogP contribution in [-0.4, -0.2) is 49.3 Å². The summed E-state index contributed by atoms with van der Waals surface area (Å²) in [6.45, 7) is 4.41. The summed E-state index contributed by atoms with van der Waals surface area (Å²) in [4.78, 5) is 8.25. The van der Waals surface area contributed by atoms with E-state index in [1.54, 1.807) is 0 Å². The molecule has 0 N–H and O–H groups in total. The molecular weight excluding hydrogens is 176 g/mol. The third-order valence-electron chi connectivity index (χ3n) is 3.44. The lowest BCUT2D eigenvalue weighted by atomic mass is 10.2. The first-order chi connectivity index (χ1) is 6.86. The van der Waals surface area contributed by atoms with Gasteiger partial charge in [-0.2, -0.15) is 5.06 Å². The van der Waals surface area contributed by atoms with E-state index in [-0.39, 0.29) is 0 Å². The smallest absolute Gasteiger partial charge is 0.0840 e. The van der Waals surface area contributed by atoms with Gasteiger partial charge in [0.15, 0.2) is 0 Å². The third-order valence-corrected chi connectivity index (χ3v) is 3.44. The van der Waals surface area contributed by atoms with Crippen LogP contribution in [-0.2, 0) is 4.84 Å². The van der Waals surface area contributed by atoms with Gasteiger partial charge in [0.2, 0.25) is 0 Å². The summed E-state index contributed by atoms with van der Waals surface area (Å²) in [6, 6.07) is 0.664. The Balaban J connectivity index is 1.65. The molecule has 14 heavy (non-hydrogen) atoms. The summed E-state index contributed by atoms with van der Waals surface area (Å²) in [7, 11) is 2.21. The number of piperidine rings is 1. The van der Waals surface area contributed by atoms with Crippen molar-refractivity contribution in [2.45, 2.75) is 38.1 Å². The molecule has 0 saturated carbocycles. The second kappa shape index (κ2) is 5.10. The van der Waals surface area contributed by atoms with Crippen molar-refractivity contribution in [3.05, 3.63) is 0 Å². The van der Waals surface area contributed by atoms with Gasteiger partial charge >= 0.3 is 0 Å². The second-order valence-electron chi connectivity index (χ2n) is 4.56. The van der Waals surface area contributed by atoms with E-state index in [0.29, 0.717) is 6.04 Å². The predicted molar refractivity (Wildman–Crippen MR) is 57.0 cm³/mol. The van der Waals surface area contributed by atoms with Crippen molar-refractivity contribution >= 4 is 0 Å². The molecule has 0 bridgehead atoms. The molecular formula is C11H22N2O. The van der Waals surface area contributed by atoms with Crippen molar-refractivity contribution in [3.63, 3.8) is 0 Å². The Morgan fingerprint density at radius 3 is 2.50 bits per heavy atom. The van der Waals surface area contributed by atoms with Crippen molar-refractivity contribution < 1.29 is 4.84 Å². The van der Waals surface area contributed by atoms with Gasteiger partial charge in [0.05, 0.1) is 6.61 Å². The van der Waals surface area contributed by atoms with Gasteiger partial charge in [-0.25, -0.2) is 0 Å². The second-order valence-corrected chi connectivity index (χ2v) is 4.56. The zero-order valence-corrected chi connectivity index (χ0v) is 9.24. The minimum atomic E-state index is 0.664. The zero-order valence-electron chi connectivity index (χ0n) is 9.24. The van der Waals surface area contributed by atoms with Crippen molar-refractivity contribution in [1.29, 1.82) is 0 Å². The molecule has 3 heteroatoms. The van der Waals surface area contributed by atoms with Crippen molar-refractivity contribution in [2.24, 2.45) is 0 Å². The van der Waals surface area contributed by atoms with E-state index in [9.17, 15) is 0 Å². The van der Waals surface area contributed by atoms with Gasteiger partial charge < -0.3 is 4.90 Å². The quantitative estimate of drug-likeness (QED) is 0.683. The highest BCUT2D eigenvalue weighted by molar-refractivity contribution is 4.75. The van der Waals surface area contributed by atoms with Gasteiger partial charge in [0.25, 0.3) is 0 Å². The number of likely N-dealkylation sites (N-methyl/N-ethyl adjacent to an activating group) is 1. The van der Waals surface area contributed by atoms with Crippen LogP contribution in [0.3, 0.4) is 0 Å². The largest absolute Gasteiger partial charge is 0.301 e. The zero-order chi connectivity index (χ0) is 9.80. The van der Waals surface area contributed by atoms with Crippen molar-refractivity contribution in [2.75, 3.05) is 33.3 Å². The first-order valence-electron chi connectivity index (χ1n) is 5.94. The molecule has 0 aromatic rings. The van der Waals surface area contributed by atoms with E-state index in [2.05, 4.69) is 17.0 Å². The number of hydroxylamine groups is 2. The molecule has 3 nitrogen and oxygen atoms in total. The SMILES string of the molecule is CN1CCCC1CON1CCCCC1. The number of hydrogen-bond acceptors (Lipinski definition) is 3. The van der Waals surface area contributed by atoms with E-state index >= 15 is 0 Å². The summed E-state index contributed by atoms with van der Waals surface area (Å²) in [5.41, 5.74) is 0. The summed E-state index contributed by atoms with van der Waals surface area (Å²) in [6.07, 6.45) is 6.64. The molecule has 2 fully saturated rings. The number of nitrogens with zero attached hydrogens (tertiary/aromatic N) is 2. The fraction of sp³-hybridized carbons (Fsp3) is 1.00. The van der Waals surface area contributed by atoms with Crippen LogP contribution >= 0.6 is 0 Å². The first-order valence-corrected chi connectivity index (χ1v) is 5.94. The minimum absolute atomic E-state index is 0.664. The summed E-state index contributed by atoms with van der Waals surface area (Å²) in [5.74, 6) is 0. The van der Waals surface area contributed by atoms with Gasteiger partial charge in [-0.05, 0) is 39.3 Å². The summed E-state index contributed by atoms with van der Waals surface area (Å²) < 4.78 is 0. The maximum absolute atomic E-state index is 5.83. The maximum Gasteiger partial charge on any atom is 0.0840 e. The summed E-state index contributed by atoms with van der Waals surface area (Å²) >= 11 is 0. The van der Waals surface area contributed by atoms with Crippen LogP contribution in [0.1, 0.15) is 32.1 Å². The van der Waals surface area contributed by atoms with Gasteiger partial charge in [-0.3, -0.25) is 4.84 Å². The molecule has 0 amide bonds. The van der Waals surface area contributed by atoms with Crippen LogP contribution in [0.5, 0.6) is 0 Å². The molecule has 1 atom stereocenters. The fourth-order valence-electron chi connectivity index (χ4n) is 2.38. The first kappa shape index (κ1) is 10.4. The summed E-state index contributed by atoms with van der Waals surface area (Å²) in [5, 5.41) is 2.16. The average molecular weight is 198 g/mol. The Morgan fingerprint density at radius 2 is 1.86 bits per heavy atom. The van der Waals surface area contributed by atoms with Crippen LogP contribution in [0.15, 0.2) is 0 Å². The lowest BCUT2D eigenvalue weighted by Gasteiger charge is -2.28. The number of likely N-dealkylation sites (tertiary alicyclic amines) is 1. The molecule has 0 aromatic carbocycles. The lowest BCUT2D eigenvalue weighted by molar-refractivity contribution is -0.177. The molecule has 0 aromatic heterocycles. The maximum atomic E-state index is 5.83. The van der Waals surface area contributed by atoms with Gasteiger partial charge in [-0.15, -0.1) is 0 Å². The fourth-order valence-corrected chi connectivity index (χ4v) is 2.38. The van der Waals surface area contributed by atoms with E-state index in [0.717, 1.165) is 19.7 Å². The average Bonchev–Trinajstić information content (AvgIpc) is 2.63. The Hall–Kier alpha value is -0.120. The van der Waals surface area contributed by atoms with E-state index in [1.165, 1.54) is 38.6 Å². The van der Waals surface area contributed by atoms with Crippen LogP contribution in [0, 0.1) is 0 Å². The van der Waals surface area contributed by atoms with Crippen LogP contribution < -0.4 is 0 Å². The lowest BCUT2D eigenvalue weighted by Crippen LogP contribution is -2.36. The van der Waals surface area contributed by atoms with Crippen molar-refractivity contribution in [3.8, 4) is 0 Å². The van der Waals surface area contributed by atoms with Crippen LogP contribution in [0.2, 0.25) is 0 Å². The molecule has 1 unspecified atom stereocenters. The van der Waals surface area contributed by atoms with Crippen molar-refractivity contribution in [1.82, 2.24) is 9.96 Å². The van der Waals surface area contributed by atoms with Gasteiger partial charge in [0, 0.05) is 19.1 Å². The van der Waals surface area contributed by atoms with E-state index in [4.69, 9.17) is 4.84 Å². The van der Waals surface area contributed by atoms with Crippen LogP contribution in [0.25, 0.3) is 0 Å². The molecule has 2 aliphatic rings. The minimum Gasteiger partial charge on any atom is -0.301 e. The Bertz CT molecular complexity index is 169. The molecule has 2 saturated heterocycles. The Kier molecular flexibility index (Phi) is 3.79. The number of rotatable bonds is 3. The van der Waals surface area contributed by atoms with Gasteiger partial charge in [0.1, 0.15) is 0 Å². The molecule has 0 aliphatic carbocycles. The molecule has 0 spiro atoms. The topological polar surface area (TPSA) is 15.7 Å². The van der Waals surface area contributed by atoms with Crippen LogP contribution in [0.4, 0.5) is 0 Å². The van der Waals surface area contributed by atoms with Gasteiger partial charge in [-0.1, -0.05) is 6.42 Å².